The van der Waals surface area contributed by atoms with Crippen LogP contribution in [0.3, 0.4) is 0 Å². The third kappa shape index (κ3) is 2.81. The van der Waals surface area contributed by atoms with E-state index in [0.717, 1.165) is 38.5 Å². The fraction of sp³-hybridized carbons (Fsp3) is 0.905. The molecule has 0 aliphatic heterocycles. The van der Waals surface area contributed by atoms with Crippen LogP contribution in [0, 0.1) is 16.7 Å². The van der Waals surface area contributed by atoms with Crippen molar-refractivity contribution in [3.05, 3.63) is 11.1 Å². The summed E-state index contributed by atoms with van der Waals surface area (Å²) in [6.07, 6.45) is 9.37. The lowest BCUT2D eigenvalue weighted by Crippen LogP contribution is -2.60. The van der Waals surface area contributed by atoms with Crippen LogP contribution in [-0.4, -0.2) is 35.3 Å². The molecule has 0 saturated heterocycles. The Balaban J connectivity index is 1.90. The van der Waals surface area contributed by atoms with Crippen LogP contribution < -0.4 is 11.1 Å². The summed E-state index contributed by atoms with van der Waals surface area (Å²) in [6.45, 7) is 9.69. The highest BCUT2D eigenvalue weighted by atomic mass is 16.4. The van der Waals surface area contributed by atoms with Gasteiger partial charge in [0.15, 0.2) is 0 Å². The van der Waals surface area contributed by atoms with Gasteiger partial charge in [-0.25, -0.2) is 0 Å². The predicted octanol–water partition coefficient (Wildman–Crippen LogP) is 3.24. The normalized spacial score (nSPS) is 41.8. The number of rotatable bonds is 6. The highest BCUT2D eigenvalue weighted by molar-refractivity contribution is 6.40. The van der Waals surface area contributed by atoms with Crippen LogP contribution in [0.15, 0.2) is 11.1 Å². The van der Waals surface area contributed by atoms with E-state index in [1.54, 1.807) is 0 Å². The molecule has 0 aromatic carbocycles. The zero-order valence-corrected chi connectivity index (χ0v) is 17.5. The van der Waals surface area contributed by atoms with E-state index in [-0.39, 0.29) is 21.9 Å². The second-order valence-electron chi connectivity index (χ2n) is 10.3. The van der Waals surface area contributed by atoms with Crippen molar-refractivity contribution in [2.45, 2.75) is 96.5 Å². The number of nitrogens with two attached hydrogens (primary N) is 1. The van der Waals surface area contributed by atoms with Gasteiger partial charge in [-0.05, 0) is 88.9 Å². The smallest absolute Gasteiger partial charge is 0.427 e. The number of nitrogens with one attached hydrogen (secondary N) is 1. The summed E-state index contributed by atoms with van der Waals surface area (Å²) in [4.78, 5) is 0. The maximum Gasteiger partial charge on any atom is 0.451 e. The topological polar surface area (TPSA) is 78.5 Å². The molecule has 3 aliphatic carbocycles. The number of hydrogen-bond donors (Lipinski definition) is 4. The van der Waals surface area contributed by atoms with Gasteiger partial charge in [0, 0.05) is 11.1 Å². The summed E-state index contributed by atoms with van der Waals surface area (Å²) < 4.78 is 0. The first-order valence-electron chi connectivity index (χ1n) is 10.5. The molecule has 5 N–H and O–H groups in total. The van der Waals surface area contributed by atoms with Crippen LogP contribution in [-0.2, 0) is 0 Å². The molecule has 26 heavy (non-hydrogen) atoms. The SMILES string of the molecule is CN[C@]1(C)C(CCCB(O)O)CC2(C)CC(C)=C(C3(N)CCC3)CC21C. The lowest BCUT2D eigenvalue weighted by molar-refractivity contribution is 0.0161. The van der Waals surface area contributed by atoms with Crippen LogP contribution in [0.25, 0.3) is 0 Å². The standard InChI is InChI=1S/C21H39BN2O2/c1-15-12-18(2)13-16(8-6-11-22(25)26)20(4,24-5)19(18,3)14-17(15)21(23)9-7-10-21/h16,24-26H,6-14,23H2,1-5H3/t16?,18?,19?,20-/m1/s1. The van der Waals surface area contributed by atoms with Crippen LogP contribution in [0.2, 0.25) is 6.32 Å². The minimum atomic E-state index is -1.18. The minimum Gasteiger partial charge on any atom is -0.427 e. The average molecular weight is 362 g/mol. The molecule has 3 unspecified atom stereocenters. The average Bonchev–Trinajstić information content (AvgIpc) is 2.69. The molecule has 2 saturated carbocycles. The molecule has 3 rings (SSSR count). The Hall–Kier alpha value is -0.355. The molecule has 0 aromatic rings. The van der Waals surface area contributed by atoms with Gasteiger partial charge in [-0.1, -0.05) is 31.4 Å². The zero-order valence-electron chi connectivity index (χ0n) is 17.5. The van der Waals surface area contributed by atoms with Gasteiger partial charge in [0.2, 0.25) is 0 Å². The third-order valence-electron chi connectivity index (χ3n) is 9.07. The Kier molecular flexibility index (Phi) is 5.18. The number of allylic oxidation sites excluding steroid dienone is 1. The molecule has 0 amide bonds. The maximum atomic E-state index is 9.23. The van der Waals surface area contributed by atoms with Crippen molar-refractivity contribution in [1.82, 2.24) is 5.32 Å². The van der Waals surface area contributed by atoms with Gasteiger partial charge in [0.1, 0.15) is 0 Å². The summed E-state index contributed by atoms with van der Waals surface area (Å²) in [5, 5.41) is 22.2. The molecule has 0 bridgehead atoms. The maximum absolute atomic E-state index is 9.23. The van der Waals surface area contributed by atoms with Gasteiger partial charge in [-0.15, -0.1) is 0 Å². The van der Waals surface area contributed by atoms with Crippen molar-refractivity contribution in [3.8, 4) is 0 Å². The molecular formula is C21H39BN2O2. The fourth-order valence-corrected chi connectivity index (χ4v) is 6.79. The second-order valence-corrected chi connectivity index (χ2v) is 10.3. The summed E-state index contributed by atoms with van der Waals surface area (Å²) in [5.41, 5.74) is 10.3. The summed E-state index contributed by atoms with van der Waals surface area (Å²) in [6, 6.07) is 0. The van der Waals surface area contributed by atoms with Gasteiger partial charge in [-0.2, -0.15) is 0 Å². The molecular weight excluding hydrogens is 323 g/mol. The molecule has 0 aromatic heterocycles. The van der Waals surface area contributed by atoms with Gasteiger partial charge in [-0.3, -0.25) is 0 Å². The summed E-state index contributed by atoms with van der Waals surface area (Å²) in [7, 11) is 0.925. The molecule has 148 valence electrons. The molecule has 4 atom stereocenters. The fourth-order valence-electron chi connectivity index (χ4n) is 6.79. The third-order valence-corrected chi connectivity index (χ3v) is 9.07. The summed E-state index contributed by atoms with van der Waals surface area (Å²) >= 11 is 0. The van der Waals surface area contributed by atoms with Crippen LogP contribution >= 0.6 is 0 Å². The molecule has 3 aliphatic rings. The van der Waals surface area contributed by atoms with Crippen molar-refractivity contribution in [1.29, 1.82) is 0 Å². The van der Waals surface area contributed by atoms with Gasteiger partial charge < -0.3 is 21.1 Å². The Labute approximate surface area is 160 Å². The van der Waals surface area contributed by atoms with Gasteiger partial charge in [0.25, 0.3) is 0 Å². The Bertz CT molecular complexity index is 589. The monoisotopic (exact) mass is 362 g/mol. The van der Waals surface area contributed by atoms with Gasteiger partial charge >= 0.3 is 7.12 Å². The molecule has 0 radical (unpaired) electrons. The molecule has 5 heteroatoms. The molecule has 4 nitrogen and oxygen atoms in total. The quantitative estimate of drug-likeness (QED) is 0.432. The number of fused-ring (bicyclic) bond motifs is 1. The van der Waals surface area contributed by atoms with E-state index in [9.17, 15) is 10.0 Å². The first kappa shape index (κ1) is 20.4. The van der Waals surface area contributed by atoms with Crippen molar-refractivity contribution in [2.75, 3.05) is 7.05 Å². The molecule has 0 heterocycles. The lowest BCUT2D eigenvalue weighted by Gasteiger charge is -2.57. The van der Waals surface area contributed by atoms with E-state index in [2.05, 4.69) is 40.1 Å². The summed E-state index contributed by atoms with van der Waals surface area (Å²) in [5.74, 6) is 0.545. The Morgan fingerprint density at radius 1 is 1.19 bits per heavy atom. The molecule has 0 spiro atoms. The van der Waals surface area contributed by atoms with E-state index >= 15 is 0 Å². The van der Waals surface area contributed by atoms with Crippen LogP contribution in [0.4, 0.5) is 0 Å². The first-order valence-corrected chi connectivity index (χ1v) is 10.5. The molecule has 2 fully saturated rings. The number of hydrogen-bond acceptors (Lipinski definition) is 4. The highest BCUT2D eigenvalue weighted by Crippen LogP contribution is 2.69. The van der Waals surface area contributed by atoms with E-state index < -0.39 is 7.12 Å². The van der Waals surface area contributed by atoms with Crippen molar-refractivity contribution in [3.63, 3.8) is 0 Å². The largest absolute Gasteiger partial charge is 0.451 e. The van der Waals surface area contributed by atoms with E-state index in [4.69, 9.17) is 5.73 Å². The second kappa shape index (κ2) is 6.61. The predicted molar refractivity (Wildman–Crippen MR) is 109 cm³/mol. The van der Waals surface area contributed by atoms with Gasteiger partial charge in [0.05, 0.1) is 0 Å². The van der Waals surface area contributed by atoms with Crippen molar-refractivity contribution >= 4 is 7.12 Å². The Morgan fingerprint density at radius 3 is 2.35 bits per heavy atom. The van der Waals surface area contributed by atoms with E-state index in [1.165, 1.54) is 24.0 Å². The van der Waals surface area contributed by atoms with Crippen LogP contribution in [0.1, 0.15) is 79.1 Å². The van der Waals surface area contributed by atoms with Crippen LogP contribution in [0.5, 0.6) is 0 Å². The van der Waals surface area contributed by atoms with E-state index in [0.29, 0.717) is 12.2 Å². The highest BCUT2D eigenvalue weighted by Gasteiger charge is 2.66. The first-order chi connectivity index (χ1) is 12.0. The Morgan fingerprint density at radius 2 is 1.85 bits per heavy atom. The van der Waals surface area contributed by atoms with Crippen molar-refractivity contribution < 1.29 is 10.0 Å². The lowest BCUT2D eigenvalue weighted by atomic mass is 9.51. The van der Waals surface area contributed by atoms with E-state index in [1.807, 2.05) is 0 Å². The van der Waals surface area contributed by atoms with Crippen molar-refractivity contribution in [2.24, 2.45) is 22.5 Å². The zero-order chi connectivity index (χ0) is 19.4. The minimum absolute atomic E-state index is 0.0359.